The van der Waals surface area contributed by atoms with E-state index in [-0.39, 0.29) is 22.7 Å². The van der Waals surface area contributed by atoms with Crippen molar-refractivity contribution in [3.63, 3.8) is 0 Å². The van der Waals surface area contributed by atoms with Gasteiger partial charge in [-0.05, 0) is 44.4 Å². The molecule has 2 aromatic carbocycles. The van der Waals surface area contributed by atoms with E-state index in [4.69, 9.17) is 21.1 Å². The summed E-state index contributed by atoms with van der Waals surface area (Å²) in [6.07, 6.45) is -4.64. The third-order valence-corrected chi connectivity index (χ3v) is 4.09. The maximum absolute atomic E-state index is 13.0. The lowest BCUT2D eigenvalue weighted by molar-refractivity contribution is -0.137. The third-order valence-electron chi connectivity index (χ3n) is 3.76. The lowest BCUT2D eigenvalue weighted by atomic mass is 10.1. The fourth-order valence-corrected chi connectivity index (χ4v) is 2.60. The minimum Gasteiger partial charge on any atom is -0.496 e. The summed E-state index contributed by atoms with van der Waals surface area (Å²) >= 11 is 5.61. The number of halogens is 4. The minimum atomic E-state index is -4.64. The van der Waals surface area contributed by atoms with Gasteiger partial charge in [-0.25, -0.2) is 0 Å². The van der Waals surface area contributed by atoms with Crippen LogP contribution in [-0.2, 0) is 6.18 Å². The number of hydrogen-bond donors (Lipinski definition) is 1. The first-order valence-electron chi connectivity index (χ1n) is 8.26. The smallest absolute Gasteiger partial charge is 0.417 e. The summed E-state index contributed by atoms with van der Waals surface area (Å²) < 4.78 is 50.0. The van der Waals surface area contributed by atoms with Gasteiger partial charge >= 0.3 is 6.18 Å². The molecule has 5 nitrogen and oxygen atoms in total. The molecule has 0 radical (unpaired) electrons. The van der Waals surface area contributed by atoms with Crippen LogP contribution in [0.5, 0.6) is 11.5 Å². The van der Waals surface area contributed by atoms with Gasteiger partial charge in [0.25, 0.3) is 5.91 Å². The number of carbonyl (C=O) groups is 1. The topological polar surface area (TPSA) is 50.8 Å². The van der Waals surface area contributed by atoms with Crippen LogP contribution in [0.2, 0.25) is 5.02 Å². The van der Waals surface area contributed by atoms with Gasteiger partial charge < -0.3 is 19.7 Å². The van der Waals surface area contributed by atoms with Crippen molar-refractivity contribution in [2.24, 2.45) is 0 Å². The van der Waals surface area contributed by atoms with Crippen molar-refractivity contribution in [1.29, 1.82) is 0 Å². The Hall–Kier alpha value is -2.45. The quantitative estimate of drug-likeness (QED) is 0.719. The lowest BCUT2D eigenvalue weighted by Crippen LogP contribution is -2.21. The van der Waals surface area contributed by atoms with Gasteiger partial charge in [-0.1, -0.05) is 17.7 Å². The molecule has 0 saturated carbocycles. The molecule has 0 fully saturated rings. The van der Waals surface area contributed by atoms with E-state index in [1.165, 1.54) is 13.2 Å². The first kappa shape index (κ1) is 21.8. The van der Waals surface area contributed by atoms with Crippen molar-refractivity contribution in [2.75, 3.05) is 39.7 Å². The van der Waals surface area contributed by atoms with Gasteiger partial charge in [0, 0.05) is 12.2 Å². The highest BCUT2D eigenvalue weighted by atomic mass is 35.5. The number of amides is 1. The Morgan fingerprint density at radius 3 is 2.46 bits per heavy atom. The predicted molar refractivity (Wildman–Crippen MR) is 101 cm³/mol. The van der Waals surface area contributed by atoms with Gasteiger partial charge in [-0.15, -0.1) is 0 Å². The van der Waals surface area contributed by atoms with Crippen LogP contribution in [0.4, 0.5) is 18.9 Å². The molecule has 0 atom stereocenters. The molecule has 1 amide bonds. The molecule has 0 bridgehead atoms. The third kappa shape index (κ3) is 5.53. The number of carbonyl (C=O) groups excluding carboxylic acids is 1. The Bertz CT molecular complexity index is 842. The Labute approximate surface area is 166 Å². The molecule has 0 aliphatic carbocycles. The van der Waals surface area contributed by atoms with Crippen molar-refractivity contribution in [3.8, 4) is 11.5 Å². The van der Waals surface area contributed by atoms with E-state index in [0.717, 1.165) is 12.1 Å². The number of methoxy groups -OCH3 is 1. The fourth-order valence-electron chi connectivity index (χ4n) is 2.38. The summed E-state index contributed by atoms with van der Waals surface area (Å²) in [5.41, 5.74) is -0.992. The predicted octanol–water partition coefficient (Wildman–Crippen LogP) is 4.56. The molecule has 28 heavy (non-hydrogen) atoms. The van der Waals surface area contributed by atoms with Crippen LogP contribution >= 0.6 is 11.6 Å². The Balaban J connectivity index is 2.31. The van der Waals surface area contributed by atoms with Crippen molar-refractivity contribution in [3.05, 3.63) is 52.5 Å². The van der Waals surface area contributed by atoms with Crippen molar-refractivity contribution in [2.45, 2.75) is 6.18 Å². The average molecular weight is 417 g/mol. The van der Waals surface area contributed by atoms with Gasteiger partial charge in [0.05, 0.1) is 17.7 Å². The van der Waals surface area contributed by atoms with Crippen molar-refractivity contribution in [1.82, 2.24) is 4.90 Å². The number of nitrogens with zero attached hydrogens (tertiary/aromatic N) is 1. The number of likely N-dealkylation sites (N-methyl/N-ethyl adjacent to an activating group) is 1. The van der Waals surface area contributed by atoms with Crippen LogP contribution in [0.1, 0.15) is 15.9 Å². The molecule has 2 aromatic rings. The molecule has 152 valence electrons. The van der Waals surface area contributed by atoms with Gasteiger partial charge in [-0.3, -0.25) is 4.79 Å². The van der Waals surface area contributed by atoms with Crippen molar-refractivity contribution < 1.29 is 27.4 Å². The zero-order chi connectivity index (χ0) is 20.9. The largest absolute Gasteiger partial charge is 0.496 e. The molecule has 0 unspecified atom stereocenters. The van der Waals surface area contributed by atoms with Crippen LogP contribution in [-0.4, -0.2) is 45.2 Å². The second kappa shape index (κ2) is 9.16. The molecule has 0 spiro atoms. The Morgan fingerprint density at radius 2 is 1.86 bits per heavy atom. The van der Waals surface area contributed by atoms with Crippen molar-refractivity contribution >= 4 is 23.2 Å². The lowest BCUT2D eigenvalue weighted by Gasteiger charge is -2.17. The van der Waals surface area contributed by atoms with Crippen LogP contribution in [0.25, 0.3) is 0 Å². The van der Waals surface area contributed by atoms with Crippen LogP contribution in [0.3, 0.4) is 0 Å². The standard InChI is InChI=1S/C19H20ClF3N2O3/c1-25(2)9-10-28-16-6-4-5-15(27-3)17(16)18(26)24-12-7-8-14(20)13(11-12)19(21,22)23/h4-8,11H,9-10H2,1-3H3,(H,24,26). The number of nitrogens with one attached hydrogen (secondary N) is 1. The molecule has 9 heteroatoms. The second-order valence-corrected chi connectivity index (χ2v) is 6.54. The monoisotopic (exact) mass is 416 g/mol. The van der Waals surface area contributed by atoms with E-state index in [2.05, 4.69) is 5.32 Å². The molecule has 0 aromatic heterocycles. The minimum absolute atomic E-state index is 0.0492. The number of hydrogen-bond acceptors (Lipinski definition) is 4. The number of anilines is 1. The van der Waals surface area contributed by atoms with Crippen LogP contribution in [0.15, 0.2) is 36.4 Å². The van der Waals surface area contributed by atoms with E-state index in [9.17, 15) is 18.0 Å². The van der Waals surface area contributed by atoms with Crippen LogP contribution < -0.4 is 14.8 Å². The normalized spacial score (nSPS) is 11.4. The summed E-state index contributed by atoms with van der Waals surface area (Å²) in [4.78, 5) is 14.7. The van der Waals surface area contributed by atoms with Gasteiger partial charge in [0.1, 0.15) is 23.7 Å². The summed E-state index contributed by atoms with van der Waals surface area (Å²) in [6, 6.07) is 7.97. The van der Waals surface area contributed by atoms with Crippen LogP contribution in [0, 0.1) is 0 Å². The van der Waals surface area contributed by atoms with E-state index >= 15 is 0 Å². The van der Waals surface area contributed by atoms with E-state index in [0.29, 0.717) is 13.2 Å². The second-order valence-electron chi connectivity index (χ2n) is 6.13. The molecular weight excluding hydrogens is 397 g/mol. The van der Waals surface area contributed by atoms with Gasteiger partial charge in [0.2, 0.25) is 0 Å². The van der Waals surface area contributed by atoms with Gasteiger partial charge in [-0.2, -0.15) is 13.2 Å². The average Bonchev–Trinajstić information content (AvgIpc) is 2.61. The van der Waals surface area contributed by atoms with E-state index in [1.54, 1.807) is 18.2 Å². The molecule has 0 saturated heterocycles. The molecular formula is C19H20ClF3N2O3. The number of alkyl halides is 3. The summed E-state index contributed by atoms with van der Waals surface area (Å²) in [5, 5.41) is 2.00. The molecule has 0 aliphatic rings. The maximum atomic E-state index is 13.0. The highest BCUT2D eigenvalue weighted by Crippen LogP contribution is 2.36. The molecule has 1 N–H and O–H groups in total. The molecule has 0 heterocycles. The first-order valence-corrected chi connectivity index (χ1v) is 8.64. The Morgan fingerprint density at radius 1 is 1.18 bits per heavy atom. The number of ether oxygens (including phenoxy) is 2. The summed E-state index contributed by atoms with van der Waals surface area (Å²) in [7, 11) is 5.14. The van der Waals surface area contributed by atoms with E-state index in [1.807, 2.05) is 19.0 Å². The zero-order valence-electron chi connectivity index (χ0n) is 15.6. The highest BCUT2D eigenvalue weighted by molar-refractivity contribution is 6.31. The maximum Gasteiger partial charge on any atom is 0.417 e. The van der Waals surface area contributed by atoms with Gasteiger partial charge in [0.15, 0.2) is 0 Å². The zero-order valence-corrected chi connectivity index (χ0v) is 16.3. The number of rotatable bonds is 7. The summed E-state index contributed by atoms with van der Waals surface area (Å²) in [5.74, 6) is -0.152. The van der Waals surface area contributed by atoms with E-state index < -0.39 is 22.7 Å². The molecule has 0 aliphatic heterocycles. The first-order chi connectivity index (χ1) is 13.1. The Kier molecular flexibility index (Phi) is 7.15. The summed E-state index contributed by atoms with van der Waals surface area (Å²) in [6.45, 7) is 0.935. The molecule has 2 rings (SSSR count). The SMILES string of the molecule is COc1cccc(OCCN(C)C)c1C(=O)Nc1ccc(Cl)c(C(F)(F)F)c1. The highest BCUT2D eigenvalue weighted by Gasteiger charge is 2.33. The number of benzene rings is 2. The fraction of sp³-hybridized carbons (Fsp3) is 0.316.